The largest absolute Gasteiger partial charge is 0.489 e. The van der Waals surface area contributed by atoms with Crippen molar-refractivity contribution in [3.63, 3.8) is 0 Å². The van der Waals surface area contributed by atoms with Crippen LogP contribution in [0.2, 0.25) is 0 Å². The van der Waals surface area contributed by atoms with Crippen molar-refractivity contribution < 1.29 is 24.2 Å². The number of carbonyl (C=O) groups is 3. The maximum absolute atomic E-state index is 13.3. The molecule has 3 atom stereocenters. The van der Waals surface area contributed by atoms with Crippen molar-refractivity contribution in [2.24, 2.45) is 5.92 Å². The molecule has 3 heterocycles. The van der Waals surface area contributed by atoms with Crippen LogP contribution in [0.1, 0.15) is 27.5 Å². The van der Waals surface area contributed by atoms with E-state index >= 15 is 0 Å². The van der Waals surface area contributed by atoms with Gasteiger partial charge in [0, 0.05) is 16.4 Å². The normalized spacial score (nSPS) is 21.3. The van der Waals surface area contributed by atoms with Gasteiger partial charge in [0.25, 0.3) is 0 Å². The number of nitrogens with zero attached hydrogens (tertiary/aromatic N) is 1. The van der Waals surface area contributed by atoms with Crippen molar-refractivity contribution in [2.45, 2.75) is 29.7 Å². The number of aryl methyl sites for hydroxylation is 1. The topological polar surface area (TPSA) is 117 Å². The number of amides is 2. The Kier molecular flexibility index (Phi) is 5.78. The number of likely N-dealkylation sites (tertiary alicyclic amines) is 1. The highest BCUT2D eigenvalue weighted by Crippen LogP contribution is 2.53. The molecule has 0 bridgehead atoms. The minimum absolute atomic E-state index is 0.275. The number of thioether (sulfide) groups is 1. The first-order chi connectivity index (χ1) is 16.3. The van der Waals surface area contributed by atoms with E-state index in [9.17, 15) is 24.3 Å². The van der Waals surface area contributed by atoms with Crippen LogP contribution in [0.4, 0.5) is 0 Å². The number of fused-ring (bicyclic) bond motifs is 2. The Morgan fingerprint density at radius 3 is 2.56 bits per heavy atom. The molecule has 10 heteroatoms. The van der Waals surface area contributed by atoms with Gasteiger partial charge in [-0.05, 0) is 18.6 Å². The number of thiazole rings is 1. The fourth-order valence-corrected chi connectivity index (χ4v) is 6.94. The number of imide groups is 1. The first kappa shape index (κ1) is 22.4. The van der Waals surface area contributed by atoms with Gasteiger partial charge in [0.15, 0.2) is 0 Å². The number of aromatic nitrogens is 1. The van der Waals surface area contributed by atoms with Gasteiger partial charge in [0.1, 0.15) is 24.2 Å². The van der Waals surface area contributed by atoms with Gasteiger partial charge >= 0.3 is 10.8 Å². The zero-order valence-corrected chi connectivity index (χ0v) is 19.7. The van der Waals surface area contributed by atoms with Gasteiger partial charge in [-0.3, -0.25) is 24.1 Å². The van der Waals surface area contributed by atoms with Gasteiger partial charge in [0.2, 0.25) is 11.8 Å². The Balaban J connectivity index is 1.55. The van der Waals surface area contributed by atoms with Crippen LogP contribution in [0.3, 0.4) is 0 Å². The van der Waals surface area contributed by atoms with Gasteiger partial charge in [-0.1, -0.05) is 71.1 Å². The van der Waals surface area contributed by atoms with Crippen molar-refractivity contribution in [2.75, 3.05) is 6.54 Å². The van der Waals surface area contributed by atoms with Crippen molar-refractivity contribution >= 4 is 40.9 Å². The smallest absolute Gasteiger partial charge is 0.323 e. The molecular formula is C24H20N2O6S2. The van der Waals surface area contributed by atoms with Crippen LogP contribution in [-0.4, -0.2) is 44.6 Å². The molecule has 2 aliphatic heterocycles. The minimum Gasteiger partial charge on any atom is -0.489 e. The van der Waals surface area contributed by atoms with Crippen molar-refractivity contribution in [3.05, 3.63) is 79.8 Å². The molecule has 0 radical (unpaired) electrons. The number of carboxylic acid groups (broad SMARTS) is 1. The Morgan fingerprint density at radius 1 is 1.09 bits per heavy atom. The number of hydrogen-bond acceptors (Lipinski definition) is 7. The summed E-state index contributed by atoms with van der Waals surface area (Å²) in [7, 11) is 0. The monoisotopic (exact) mass is 496 g/mol. The Labute approximate surface area is 202 Å². The molecule has 1 aromatic heterocycles. The highest BCUT2D eigenvalue weighted by atomic mass is 32.2. The third kappa shape index (κ3) is 3.92. The van der Waals surface area contributed by atoms with Crippen LogP contribution >= 0.6 is 23.1 Å². The first-order valence-electron chi connectivity index (χ1n) is 10.6. The molecule has 1 saturated heterocycles. The van der Waals surface area contributed by atoms with Gasteiger partial charge in [-0.25, -0.2) is 0 Å². The highest BCUT2D eigenvalue weighted by molar-refractivity contribution is 8.00. The van der Waals surface area contributed by atoms with Crippen LogP contribution in [0, 0.1) is 12.8 Å². The lowest BCUT2D eigenvalue weighted by molar-refractivity contribution is -0.149. The van der Waals surface area contributed by atoms with E-state index in [0.717, 1.165) is 39.1 Å². The Morgan fingerprint density at radius 2 is 1.82 bits per heavy atom. The Bertz CT molecular complexity index is 1350. The lowest BCUT2D eigenvalue weighted by Gasteiger charge is -2.30. The summed E-state index contributed by atoms with van der Waals surface area (Å²) in [5, 5.41) is 8.93. The van der Waals surface area contributed by atoms with Crippen LogP contribution in [-0.2, 0) is 21.0 Å². The van der Waals surface area contributed by atoms with E-state index in [1.807, 2.05) is 49.4 Å². The second-order valence-corrected chi connectivity index (χ2v) is 10.4. The van der Waals surface area contributed by atoms with Gasteiger partial charge in [-0.15, -0.1) is 0 Å². The zero-order chi connectivity index (χ0) is 24.0. The van der Waals surface area contributed by atoms with E-state index in [1.54, 1.807) is 6.07 Å². The molecule has 2 N–H and O–H groups in total. The fourth-order valence-electron chi connectivity index (χ4n) is 4.41. The molecule has 3 aromatic rings. The number of ether oxygens (including phenoxy) is 1. The number of benzene rings is 2. The number of carboxylic acids is 1. The molecular weight excluding hydrogens is 476 g/mol. The summed E-state index contributed by atoms with van der Waals surface area (Å²) in [4.78, 5) is 53.8. The summed E-state index contributed by atoms with van der Waals surface area (Å²) < 4.78 is 6.15. The molecule has 2 aromatic carbocycles. The number of para-hydroxylation sites is 1. The number of nitrogens with one attached hydrogen (secondary N) is 1. The number of carbonyl (C=O) groups excluding carboxylic acids is 2. The van der Waals surface area contributed by atoms with E-state index in [4.69, 9.17) is 4.74 Å². The summed E-state index contributed by atoms with van der Waals surface area (Å²) in [6.07, 6.45) is 0. The molecule has 8 nitrogen and oxygen atoms in total. The van der Waals surface area contributed by atoms with E-state index < -0.39 is 41.4 Å². The maximum Gasteiger partial charge on any atom is 0.323 e. The summed E-state index contributed by atoms with van der Waals surface area (Å²) in [5.74, 6) is -3.26. The SMILES string of the molecule is Cc1ccc(COc2ccccc2[C@@H]2c3sc(=O)[nH]c3S[C@@H]3C(=O)N(CC(=O)O)C(=O)[C@H]23)cc1. The van der Waals surface area contributed by atoms with Crippen molar-refractivity contribution in [1.82, 2.24) is 9.88 Å². The molecule has 0 unspecified atom stereocenters. The standard InChI is InChI=1S/C24H20N2O6S2/c1-12-6-8-13(9-7-12)11-32-15-5-3-2-4-14(15)17-18-20(33-21-19(17)34-24(31)25-21)23(30)26(22(18)29)10-16(27)28/h2-9,17-18,20H,10-11H2,1H3,(H,25,31)(H,27,28)/t17-,18+,20-/m0/s1. The average molecular weight is 497 g/mol. The lowest BCUT2D eigenvalue weighted by atomic mass is 9.82. The number of H-pyrrole nitrogens is 1. The van der Waals surface area contributed by atoms with E-state index in [2.05, 4.69) is 4.98 Å². The van der Waals surface area contributed by atoms with E-state index in [1.165, 1.54) is 0 Å². The minimum atomic E-state index is -1.26. The number of aromatic amines is 1. The van der Waals surface area contributed by atoms with Crippen LogP contribution in [0.5, 0.6) is 5.75 Å². The van der Waals surface area contributed by atoms with Crippen molar-refractivity contribution in [1.29, 1.82) is 0 Å². The molecule has 2 aliphatic rings. The molecule has 0 aliphatic carbocycles. The molecule has 0 saturated carbocycles. The first-order valence-corrected chi connectivity index (χ1v) is 12.3. The predicted octanol–water partition coefficient (Wildman–Crippen LogP) is 3.00. The van der Waals surface area contributed by atoms with Gasteiger partial charge in [0.05, 0.1) is 10.9 Å². The fraction of sp³-hybridized carbons (Fsp3) is 0.250. The summed E-state index contributed by atoms with van der Waals surface area (Å²) >= 11 is 2.12. The van der Waals surface area contributed by atoms with Crippen LogP contribution in [0.25, 0.3) is 0 Å². The lowest BCUT2D eigenvalue weighted by Crippen LogP contribution is -2.36. The summed E-state index contributed by atoms with van der Waals surface area (Å²) in [6, 6.07) is 15.2. The zero-order valence-electron chi connectivity index (χ0n) is 18.0. The van der Waals surface area contributed by atoms with Crippen LogP contribution in [0.15, 0.2) is 58.4 Å². The molecule has 5 rings (SSSR count). The third-order valence-corrected chi connectivity index (χ3v) is 8.38. The van der Waals surface area contributed by atoms with Crippen molar-refractivity contribution in [3.8, 4) is 5.75 Å². The van der Waals surface area contributed by atoms with Gasteiger partial charge < -0.3 is 14.8 Å². The maximum atomic E-state index is 13.3. The average Bonchev–Trinajstić information content (AvgIpc) is 3.29. The van der Waals surface area contributed by atoms with Crippen LogP contribution < -0.4 is 9.61 Å². The predicted molar refractivity (Wildman–Crippen MR) is 126 cm³/mol. The second kappa shape index (κ2) is 8.77. The van der Waals surface area contributed by atoms with E-state index in [-0.39, 0.29) is 4.87 Å². The summed E-state index contributed by atoms with van der Waals surface area (Å²) in [5.41, 5.74) is 2.80. The number of hydrogen-bond donors (Lipinski definition) is 2. The summed E-state index contributed by atoms with van der Waals surface area (Å²) in [6.45, 7) is 1.62. The quantitative estimate of drug-likeness (QED) is 0.504. The molecule has 174 valence electrons. The number of rotatable bonds is 6. The third-order valence-electron chi connectivity index (χ3n) is 5.98. The number of aliphatic carboxylic acids is 1. The van der Waals surface area contributed by atoms with E-state index in [0.29, 0.717) is 27.8 Å². The highest BCUT2D eigenvalue weighted by Gasteiger charge is 2.56. The molecule has 0 spiro atoms. The Hall–Kier alpha value is -3.37. The van der Waals surface area contributed by atoms with Gasteiger partial charge in [-0.2, -0.15) is 0 Å². The molecule has 2 amide bonds. The molecule has 34 heavy (non-hydrogen) atoms. The molecule has 1 fully saturated rings. The second-order valence-electron chi connectivity index (χ2n) is 8.22.